The summed E-state index contributed by atoms with van der Waals surface area (Å²) in [5.41, 5.74) is 1.45. The maximum atomic E-state index is 3.33. The Bertz CT molecular complexity index is 167. The second kappa shape index (κ2) is 5.28. The molecule has 0 aromatic rings. The van der Waals surface area contributed by atoms with Crippen LogP contribution in [0.2, 0.25) is 0 Å². The molecule has 1 fully saturated rings. The minimum absolute atomic E-state index is 0.779. The van der Waals surface area contributed by atoms with Crippen molar-refractivity contribution >= 4 is 0 Å². The van der Waals surface area contributed by atoms with E-state index in [-0.39, 0.29) is 0 Å². The molecule has 13 heavy (non-hydrogen) atoms. The first-order chi connectivity index (χ1) is 6.27. The molecule has 0 aromatic heterocycles. The summed E-state index contributed by atoms with van der Waals surface area (Å²) in [6, 6.07) is 0. The van der Waals surface area contributed by atoms with E-state index in [4.69, 9.17) is 0 Å². The molecule has 0 aromatic carbocycles. The minimum atomic E-state index is 0.779. The Balaban J connectivity index is 2.46. The number of hydrogen-bond acceptors (Lipinski definition) is 2. The van der Waals surface area contributed by atoms with E-state index in [2.05, 4.69) is 30.3 Å². The van der Waals surface area contributed by atoms with E-state index in [1.165, 1.54) is 31.6 Å². The molecule has 1 rings (SSSR count). The van der Waals surface area contributed by atoms with Gasteiger partial charge in [0.25, 0.3) is 0 Å². The van der Waals surface area contributed by atoms with Crippen molar-refractivity contribution in [3.05, 3.63) is 11.8 Å². The van der Waals surface area contributed by atoms with Gasteiger partial charge in [-0.3, -0.25) is 0 Å². The third-order valence-electron chi connectivity index (χ3n) is 2.87. The zero-order valence-corrected chi connectivity index (χ0v) is 9.14. The maximum Gasteiger partial charge on any atom is 0.00959 e. The number of rotatable bonds is 3. The molecule has 0 aliphatic carbocycles. The lowest BCUT2D eigenvalue weighted by Gasteiger charge is -2.30. The smallest absolute Gasteiger partial charge is 0.00959 e. The normalized spacial score (nSPS) is 21.9. The molecule has 1 N–H and O–H groups in total. The van der Waals surface area contributed by atoms with Gasteiger partial charge in [0.05, 0.1) is 0 Å². The number of nitrogens with zero attached hydrogens (tertiary/aromatic N) is 1. The summed E-state index contributed by atoms with van der Waals surface area (Å²) < 4.78 is 0. The quantitative estimate of drug-likeness (QED) is 0.716. The Hall–Kier alpha value is -0.500. The number of hydrogen-bond donors (Lipinski definition) is 1. The van der Waals surface area contributed by atoms with E-state index in [0.29, 0.717) is 0 Å². The molecule has 1 aliphatic heterocycles. The first kappa shape index (κ1) is 10.6. The predicted octanol–water partition coefficient (Wildman–Crippen LogP) is 1.84. The van der Waals surface area contributed by atoms with Gasteiger partial charge in [0.2, 0.25) is 0 Å². The Kier molecular flexibility index (Phi) is 4.29. The number of nitrogens with one attached hydrogen (secondary N) is 1. The third-order valence-corrected chi connectivity index (χ3v) is 2.87. The highest BCUT2D eigenvalue weighted by molar-refractivity contribution is 5.05. The molecule has 2 nitrogen and oxygen atoms in total. The van der Waals surface area contributed by atoms with E-state index >= 15 is 0 Å². The molecule has 0 spiro atoms. The van der Waals surface area contributed by atoms with Gasteiger partial charge in [-0.25, -0.2) is 0 Å². The van der Waals surface area contributed by atoms with Crippen molar-refractivity contribution < 1.29 is 0 Å². The molecule has 2 heteroatoms. The average molecular weight is 182 g/mol. The molecule has 0 atom stereocenters. The lowest BCUT2D eigenvalue weighted by atomic mass is 9.93. The van der Waals surface area contributed by atoms with Crippen molar-refractivity contribution in [2.45, 2.75) is 26.2 Å². The third kappa shape index (κ3) is 3.03. The van der Waals surface area contributed by atoms with Gasteiger partial charge >= 0.3 is 0 Å². The van der Waals surface area contributed by atoms with Gasteiger partial charge < -0.3 is 10.2 Å². The van der Waals surface area contributed by atoms with E-state index in [1.54, 1.807) is 0 Å². The highest BCUT2D eigenvalue weighted by Gasteiger charge is 2.18. The molecule has 1 aliphatic rings. The fraction of sp³-hybridized carbons (Fsp3) is 0.818. The molecule has 0 radical (unpaired) electrons. The number of likely N-dealkylation sites (tertiary alicyclic amines) is 1. The van der Waals surface area contributed by atoms with Crippen molar-refractivity contribution in [3.63, 3.8) is 0 Å². The molecular formula is C11H22N2. The second-order valence-corrected chi connectivity index (χ2v) is 3.90. The first-order valence-corrected chi connectivity index (χ1v) is 5.34. The highest BCUT2D eigenvalue weighted by atomic mass is 15.1. The lowest BCUT2D eigenvalue weighted by molar-refractivity contribution is 0.234. The zero-order valence-electron chi connectivity index (χ0n) is 9.14. The van der Waals surface area contributed by atoms with Crippen molar-refractivity contribution in [2.75, 3.05) is 27.2 Å². The summed E-state index contributed by atoms with van der Waals surface area (Å²) in [4.78, 5) is 2.41. The van der Waals surface area contributed by atoms with Crippen LogP contribution in [-0.4, -0.2) is 32.1 Å². The van der Waals surface area contributed by atoms with Crippen molar-refractivity contribution in [1.29, 1.82) is 0 Å². The maximum absolute atomic E-state index is 3.33. The Morgan fingerprint density at radius 2 is 2.08 bits per heavy atom. The number of allylic oxidation sites excluding steroid dienone is 2. The monoisotopic (exact) mass is 182 g/mol. The van der Waals surface area contributed by atoms with Crippen LogP contribution in [0, 0.1) is 5.92 Å². The minimum Gasteiger partial charge on any atom is -0.391 e. The van der Waals surface area contributed by atoms with Crippen LogP contribution < -0.4 is 5.32 Å². The number of piperidine rings is 1. The van der Waals surface area contributed by atoms with E-state index in [1.807, 2.05) is 7.05 Å². The summed E-state index contributed by atoms with van der Waals surface area (Å²) in [5.74, 6) is 0.779. The largest absolute Gasteiger partial charge is 0.391 e. The molecule has 0 unspecified atom stereocenters. The Labute approximate surface area is 82.0 Å². The summed E-state index contributed by atoms with van der Waals surface area (Å²) in [6.07, 6.45) is 6.09. The molecule has 0 amide bonds. The fourth-order valence-corrected chi connectivity index (χ4v) is 2.01. The van der Waals surface area contributed by atoms with Gasteiger partial charge in [-0.2, -0.15) is 0 Å². The van der Waals surface area contributed by atoms with Crippen molar-refractivity contribution in [3.8, 4) is 0 Å². The van der Waals surface area contributed by atoms with Crippen LogP contribution in [0.15, 0.2) is 11.8 Å². The van der Waals surface area contributed by atoms with E-state index < -0.39 is 0 Å². The first-order valence-electron chi connectivity index (χ1n) is 5.34. The Morgan fingerprint density at radius 1 is 1.46 bits per heavy atom. The van der Waals surface area contributed by atoms with Crippen molar-refractivity contribution in [2.24, 2.45) is 5.92 Å². The van der Waals surface area contributed by atoms with Gasteiger partial charge in [0.1, 0.15) is 0 Å². The van der Waals surface area contributed by atoms with Crippen LogP contribution in [0.3, 0.4) is 0 Å². The zero-order chi connectivity index (χ0) is 9.68. The van der Waals surface area contributed by atoms with Gasteiger partial charge in [-0.15, -0.1) is 0 Å². The van der Waals surface area contributed by atoms with Crippen LogP contribution in [0.5, 0.6) is 0 Å². The fourth-order valence-electron chi connectivity index (χ4n) is 2.01. The van der Waals surface area contributed by atoms with Crippen LogP contribution >= 0.6 is 0 Å². The molecule has 1 saturated heterocycles. The SMILES string of the molecule is CC/C=C(\NC)C1CCN(C)CC1. The molecule has 1 heterocycles. The topological polar surface area (TPSA) is 15.3 Å². The van der Waals surface area contributed by atoms with Crippen LogP contribution in [0.25, 0.3) is 0 Å². The summed E-state index contributed by atoms with van der Waals surface area (Å²) in [5, 5.41) is 3.33. The van der Waals surface area contributed by atoms with Gasteiger partial charge in [-0.05, 0) is 39.4 Å². The van der Waals surface area contributed by atoms with E-state index in [0.717, 1.165) is 12.3 Å². The predicted molar refractivity (Wildman–Crippen MR) is 57.7 cm³/mol. The molecular weight excluding hydrogens is 160 g/mol. The molecule has 0 bridgehead atoms. The second-order valence-electron chi connectivity index (χ2n) is 3.90. The van der Waals surface area contributed by atoms with E-state index in [9.17, 15) is 0 Å². The highest BCUT2D eigenvalue weighted by Crippen LogP contribution is 2.22. The van der Waals surface area contributed by atoms with Crippen molar-refractivity contribution in [1.82, 2.24) is 10.2 Å². The standard InChI is InChI=1S/C11H22N2/c1-4-5-11(12-2)10-6-8-13(3)9-7-10/h5,10,12H,4,6-9H2,1-3H3/b11-5-. The average Bonchev–Trinajstić information content (AvgIpc) is 2.16. The lowest BCUT2D eigenvalue weighted by Crippen LogP contribution is -2.33. The van der Waals surface area contributed by atoms with Crippen LogP contribution in [0.4, 0.5) is 0 Å². The molecule has 0 saturated carbocycles. The molecule has 76 valence electrons. The van der Waals surface area contributed by atoms with Crippen LogP contribution in [-0.2, 0) is 0 Å². The van der Waals surface area contributed by atoms with Gasteiger partial charge in [0, 0.05) is 18.7 Å². The summed E-state index contributed by atoms with van der Waals surface area (Å²) in [6.45, 7) is 4.69. The summed E-state index contributed by atoms with van der Waals surface area (Å²) >= 11 is 0. The Morgan fingerprint density at radius 3 is 2.54 bits per heavy atom. The van der Waals surface area contributed by atoms with Gasteiger partial charge in [0.15, 0.2) is 0 Å². The van der Waals surface area contributed by atoms with Gasteiger partial charge in [-0.1, -0.05) is 13.0 Å². The summed E-state index contributed by atoms with van der Waals surface area (Å²) in [7, 11) is 4.25. The van der Waals surface area contributed by atoms with Crippen LogP contribution in [0.1, 0.15) is 26.2 Å².